The SMILES string of the molecule is COc1cc2c3c(c1)cc(C)n3C(CC1CNCCCN1)CO2. The van der Waals surface area contributed by atoms with E-state index in [4.69, 9.17) is 9.47 Å². The van der Waals surface area contributed by atoms with Crippen molar-refractivity contribution in [3.63, 3.8) is 0 Å². The van der Waals surface area contributed by atoms with Crippen LogP contribution in [0.3, 0.4) is 0 Å². The standard InChI is InChI=1S/C18H25N3O2/c1-12-6-13-7-16(22-2)9-17-18(13)21(12)15(11-23-17)8-14-10-19-4-3-5-20-14/h6-7,9,14-15,19-20H,3-5,8,10-11H2,1-2H3. The van der Waals surface area contributed by atoms with Gasteiger partial charge in [0, 0.05) is 29.7 Å². The van der Waals surface area contributed by atoms with Crippen LogP contribution in [0.2, 0.25) is 0 Å². The molecule has 2 aliphatic heterocycles. The number of benzene rings is 1. The van der Waals surface area contributed by atoms with Crippen LogP contribution in [0.25, 0.3) is 10.9 Å². The molecule has 2 unspecified atom stereocenters. The molecule has 0 radical (unpaired) electrons. The van der Waals surface area contributed by atoms with Crippen molar-refractivity contribution >= 4 is 10.9 Å². The van der Waals surface area contributed by atoms with Gasteiger partial charge in [-0.1, -0.05) is 0 Å². The molecule has 4 rings (SSSR count). The minimum Gasteiger partial charge on any atom is -0.497 e. The van der Waals surface area contributed by atoms with E-state index in [9.17, 15) is 0 Å². The Morgan fingerprint density at radius 3 is 3.09 bits per heavy atom. The molecule has 0 saturated carbocycles. The molecule has 1 aromatic carbocycles. The zero-order chi connectivity index (χ0) is 15.8. The predicted octanol–water partition coefficient (Wildman–Crippen LogP) is 2.23. The van der Waals surface area contributed by atoms with Crippen molar-refractivity contribution in [2.45, 2.75) is 31.8 Å². The van der Waals surface area contributed by atoms with Crippen LogP contribution in [0.15, 0.2) is 18.2 Å². The van der Waals surface area contributed by atoms with Gasteiger partial charge in [0.2, 0.25) is 0 Å². The van der Waals surface area contributed by atoms with Gasteiger partial charge in [0.05, 0.1) is 18.7 Å². The van der Waals surface area contributed by atoms with Crippen molar-refractivity contribution in [2.24, 2.45) is 0 Å². The zero-order valence-corrected chi connectivity index (χ0v) is 13.9. The molecule has 124 valence electrons. The molecule has 0 spiro atoms. The Bertz CT molecular complexity index is 702. The van der Waals surface area contributed by atoms with Crippen LogP contribution < -0.4 is 20.1 Å². The molecule has 0 bridgehead atoms. The Morgan fingerprint density at radius 1 is 1.30 bits per heavy atom. The second-order valence-corrected chi connectivity index (χ2v) is 6.63. The highest BCUT2D eigenvalue weighted by Gasteiger charge is 2.27. The minimum atomic E-state index is 0.380. The Balaban J connectivity index is 1.67. The average Bonchev–Trinajstić information content (AvgIpc) is 2.74. The number of nitrogens with one attached hydrogen (secondary N) is 2. The van der Waals surface area contributed by atoms with E-state index in [-0.39, 0.29) is 0 Å². The van der Waals surface area contributed by atoms with Gasteiger partial charge in [-0.25, -0.2) is 0 Å². The van der Waals surface area contributed by atoms with E-state index in [0.29, 0.717) is 12.1 Å². The molecule has 5 heteroatoms. The monoisotopic (exact) mass is 315 g/mol. The fourth-order valence-electron chi connectivity index (χ4n) is 3.94. The quantitative estimate of drug-likeness (QED) is 0.912. The Hall–Kier alpha value is -1.72. The number of nitrogens with zero attached hydrogens (tertiary/aromatic N) is 1. The fourth-order valence-corrected chi connectivity index (χ4v) is 3.94. The van der Waals surface area contributed by atoms with Gasteiger partial charge in [0.1, 0.15) is 18.1 Å². The third-order valence-corrected chi connectivity index (χ3v) is 5.01. The summed E-state index contributed by atoms with van der Waals surface area (Å²) in [7, 11) is 1.70. The summed E-state index contributed by atoms with van der Waals surface area (Å²) in [5, 5.41) is 8.39. The van der Waals surface area contributed by atoms with E-state index < -0.39 is 0 Å². The summed E-state index contributed by atoms with van der Waals surface area (Å²) in [5.41, 5.74) is 2.51. The van der Waals surface area contributed by atoms with Crippen molar-refractivity contribution in [1.82, 2.24) is 15.2 Å². The minimum absolute atomic E-state index is 0.380. The number of aromatic nitrogens is 1. The Kier molecular flexibility index (Phi) is 3.91. The maximum Gasteiger partial charge on any atom is 0.147 e. The first-order valence-electron chi connectivity index (χ1n) is 8.52. The molecule has 1 saturated heterocycles. The molecule has 2 atom stereocenters. The van der Waals surface area contributed by atoms with Crippen molar-refractivity contribution < 1.29 is 9.47 Å². The maximum absolute atomic E-state index is 6.09. The molecular formula is C18H25N3O2. The lowest BCUT2D eigenvalue weighted by Crippen LogP contribution is -2.39. The predicted molar refractivity (Wildman–Crippen MR) is 91.7 cm³/mol. The molecule has 2 aromatic rings. The van der Waals surface area contributed by atoms with E-state index in [1.165, 1.54) is 23.0 Å². The highest BCUT2D eigenvalue weighted by molar-refractivity contribution is 5.89. The smallest absolute Gasteiger partial charge is 0.147 e. The lowest BCUT2D eigenvalue weighted by atomic mass is 10.1. The first kappa shape index (κ1) is 14.8. The second-order valence-electron chi connectivity index (χ2n) is 6.63. The fraction of sp³-hybridized carbons (Fsp3) is 0.556. The molecule has 0 aliphatic carbocycles. The largest absolute Gasteiger partial charge is 0.497 e. The summed E-state index contributed by atoms with van der Waals surface area (Å²) in [6.45, 7) is 6.16. The molecule has 1 aromatic heterocycles. The summed E-state index contributed by atoms with van der Waals surface area (Å²) in [6.07, 6.45) is 2.29. The van der Waals surface area contributed by atoms with E-state index in [1.54, 1.807) is 7.11 Å². The highest BCUT2D eigenvalue weighted by Crippen LogP contribution is 2.39. The van der Waals surface area contributed by atoms with Crippen LogP contribution in [-0.4, -0.2) is 44.0 Å². The summed E-state index contributed by atoms with van der Waals surface area (Å²) < 4.78 is 13.9. The topological polar surface area (TPSA) is 47.5 Å². The number of ether oxygens (including phenoxy) is 2. The lowest BCUT2D eigenvalue weighted by molar-refractivity contribution is 0.214. The van der Waals surface area contributed by atoms with Crippen LogP contribution in [0.5, 0.6) is 11.5 Å². The molecule has 3 heterocycles. The molecule has 2 N–H and O–H groups in total. The molecule has 1 fully saturated rings. The number of aryl methyl sites for hydroxylation is 1. The van der Waals surface area contributed by atoms with Crippen molar-refractivity contribution in [1.29, 1.82) is 0 Å². The van der Waals surface area contributed by atoms with Crippen LogP contribution in [0.1, 0.15) is 24.6 Å². The van der Waals surface area contributed by atoms with Gasteiger partial charge in [-0.05, 0) is 45.0 Å². The van der Waals surface area contributed by atoms with Crippen LogP contribution in [-0.2, 0) is 0 Å². The van der Waals surface area contributed by atoms with Gasteiger partial charge < -0.3 is 24.7 Å². The third kappa shape index (κ3) is 2.68. The van der Waals surface area contributed by atoms with Gasteiger partial charge in [-0.3, -0.25) is 0 Å². The molecule has 2 aliphatic rings. The van der Waals surface area contributed by atoms with E-state index in [2.05, 4.69) is 34.3 Å². The van der Waals surface area contributed by atoms with Gasteiger partial charge in [0.25, 0.3) is 0 Å². The first-order valence-corrected chi connectivity index (χ1v) is 8.52. The normalized spacial score (nSPS) is 24.3. The van der Waals surface area contributed by atoms with Gasteiger partial charge in [-0.15, -0.1) is 0 Å². The van der Waals surface area contributed by atoms with Crippen LogP contribution in [0, 0.1) is 6.92 Å². The van der Waals surface area contributed by atoms with E-state index in [0.717, 1.165) is 44.2 Å². The molecular weight excluding hydrogens is 290 g/mol. The van der Waals surface area contributed by atoms with Crippen molar-refractivity contribution in [3.8, 4) is 11.5 Å². The van der Waals surface area contributed by atoms with Crippen LogP contribution in [0.4, 0.5) is 0 Å². The van der Waals surface area contributed by atoms with Crippen LogP contribution >= 0.6 is 0 Å². The zero-order valence-electron chi connectivity index (χ0n) is 13.9. The maximum atomic E-state index is 6.09. The Labute approximate surface area is 136 Å². The Morgan fingerprint density at radius 2 is 2.22 bits per heavy atom. The lowest BCUT2D eigenvalue weighted by Gasteiger charge is -2.30. The van der Waals surface area contributed by atoms with Gasteiger partial charge >= 0.3 is 0 Å². The summed E-state index contributed by atoms with van der Waals surface area (Å²) in [4.78, 5) is 0. The average molecular weight is 315 g/mol. The highest BCUT2D eigenvalue weighted by atomic mass is 16.5. The van der Waals surface area contributed by atoms with E-state index >= 15 is 0 Å². The third-order valence-electron chi connectivity index (χ3n) is 5.01. The molecule has 0 amide bonds. The van der Waals surface area contributed by atoms with Gasteiger partial charge in [0.15, 0.2) is 0 Å². The summed E-state index contributed by atoms with van der Waals surface area (Å²) >= 11 is 0. The number of hydrogen-bond donors (Lipinski definition) is 2. The van der Waals surface area contributed by atoms with Gasteiger partial charge in [-0.2, -0.15) is 0 Å². The van der Waals surface area contributed by atoms with Crippen molar-refractivity contribution in [2.75, 3.05) is 33.4 Å². The van der Waals surface area contributed by atoms with Crippen molar-refractivity contribution in [3.05, 3.63) is 23.9 Å². The second kappa shape index (κ2) is 6.06. The number of hydrogen-bond acceptors (Lipinski definition) is 4. The first-order chi connectivity index (χ1) is 11.3. The summed E-state index contributed by atoms with van der Waals surface area (Å²) in [5.74, 6) is 1.80. The number of rotatable bonds is 3. The molecule has 5 nitrogen and oxygen atoms in total. The number of methoxy groups -OCH3 is 1. The molecule has 23 heavy (non-hydrogen) atoms. The van der Waals surface area contributed by atoms with E-state index in [1.807, 2.05) is 6.07 Å². The summed E-state index contributed by atoms with van der Waals surface area (Å²) in [6, 6.07) is 7.22.